The first-order valence-electron chi connectivity index (χ1n) is 7.07. The van der Waals surface area contributed by atoms with Gasteiger partial charge < -0.3 is 5.32 Å². The van der Waals surface area contributed by atoms with Gasteiger partial charge >= 0.3 is 0 Å². The van der Waals surface area contributed by atoms with Gasteiger partial charge in [-0.15, -0.1) is 0 Å². The van der Waals surface area contributed by atoms with Gasteiger partial charge in [-0.3, -0.25) is 0 Å². The lowest BCUT2D eigenvalue weighted by molar-refractivity contribution is 0.227. The van der Waals surface area contributed by atoms with Gasteiger partial charge in [0.2, 0.25) is 0 Å². The Balaban J connectivity index is 1.80. The van der Waals surface area contributed by atoms with Gasteiger partial charge in [-0.25, -0.2) is 0 Å². The molecule has 3 unspecified atom stereocenters. The van der Waals surface area contributed by atoms with Crippen LogP contribution in [0.15, 0.2) is 0 Å². The molecule has 0 amide bonds. The monoisotopic (exact) mass is 209 g/mol. The average Bonchev–Trinajstić information content (AvgIpc) is 3.04. The molecule has 0 aromatic heterocycles. The van der Waals surface area contributed by atoms with Crippen LogP contribution in [0.5, 0.6) is 0 Å². The second-order valence-corrected chi connectivity index (χ2v) is 5.73. The Bertz CT molecular complexity index is 184. The Morgan fingerprint density at radius 3 is 2.53 bits per heavy atom. The molecule has 88 valence electrons. The van der Waals surface area contributed by atoms with Gasteiger partial charge in [0.05, 0.1) is 0 Å². The topological polar surface area (TPSA) is 12.0 Å². The molecular formula is C14H27N. The van der Waals surface area contributed by atoms with Crippen LogP contribution in [0.3, 0.4) is 0 Å². The predicted molar refractivity (Wildman–Crippen MR) is 66.0 cm³/mol. The minimum absolute atomic E-state index is 0.785. The quantitative estimate of drug-likeness (QED) is 0.727. The molecule has 2 aliphatic rings. The normalized spacial score (nSPS) is 34.0. The van der Waals surface area contributed by atoms with E-state index in [1.54, 1.807) is 0 Å². The van der Waals surface area contributed by atoms with Crippen molar-refractivity contribution in [2.24, 2.45) is 11.8 Å². The van der Waals surface area contributed by atoms with Crippen LogP contribution in [0.2, 0.25) is 0 Å². The van der Waals surface area contributed by atoms with Crippen LogP contribution < -0.4 is 5.32 Å². The summed E-state index contributed by atoms with van der Waals surface area (Å²) in [5.74, 6) is 1.99. The third kappa shape index (κ3) is 3.21. The Labute approximate surface area is 95.0 Å². The molecule has 0 heterocycles. The van der Waals surface area contributed by atoms with Crippen molar-refractivity contribution in [3.63, 3.8) is 0 Å². The molecule has 0 aromatic carbocycles. The lowest BCUT2D eigenvalue weighted by Crippen LogP contribution is -2.44. The molecule has 0 saturated heterocycles. The molecule has 0 aliphatic heterocycles. The van der Waals surface area contributed by atoms with Gasteiger partial charge in [-0.2, -0.15) is 0 Å². The molecule has 0 spiro atoms. The van der Waals surface area contributed by atoms with E-state index < -0.39 is 0 Å². The summed E-state index contributed by atoms with van der Waals surface area (Å²) >= 11 is 0. The van der Waals surface area contributed by atoms with E-state index in [1.807, 2.05) is 0 Å². The van der Waals surface area contributed by atoms with Crippen LogP contribution in [0.4, 0.5) is 0 Å². The first-order valence-corrected chi connectivity index (χ1v) is 7.07. The maximum atomic E-state index is 3.92. The SMILES string of the molecule is CCCC1CCCCC1NC(C)C1CC1. The van der Waals surface area contributed by atoms with E-state index >= 15 is 0 Å². The average molecular weight is 209 g/mol. The largest absolute Gasteiger partial charge is 0.311 e. The molecule has 2 rings (SSSR count). The number of nitrogens with one attached hydrogen (secondary N) is 1. The Morgan fingerprint density at radius 1 is 1.13 bits per heavy atom. The number of hydrogen-bond donors (Lipinski definition) is 1. The minimum atomic E-state index is 0.785. The van der Waals surface area contributed by atoms with E-state index in [1.165, 1.54) is 51.4 Å². The minimum Gasteiger partial charge on any atom is -0.311 e. The van der Waals surface area contributed by atoms with E-state index in [-0.39, 0.29) is 0 Å². The van der Waals surface area contributed by atoms with Crippen LogP contribution in [0, 0.1) is 11.8 Å². The van der Waals surface area contributed by atoms with E-state index in [9.17, 15) is 0 Å². The van der Waals surface area contributed by atoms with E-state index in [4.69, 9.17) is 0 Å². The summed E-state index contributed by atoms with van der Waals surface area (Å²) in [5.41, 5.74) is 0. The van der Waals surface area contributed by atoms with Gasteiger partial charge in [-0.1, -0.05) is 26.2 Å². The van der Waals surface area contributed by atoms with Crippen molar-refractivity contribution in [1.82, 2.24) is 5.32 Å². The maximum absolute atomic E-state index is 3.92. The summed E-state index contributed by atoms with van der Waals surface area (Å²) in [5, 5.41) is 3.92. The highest BCUT2D eigenvalue weighted by Gasteiger charge is 2.32. The lowest BCUT2D eigenvalue weighted by Gasteiger charge is -2.34. The van der Waals surface area contributed by atoms with Crippen molar-refractivity contribution in [2.75, 3.05) is 0 Å². The molecule has 2 saturated carbocycles. The summed E-state index contributed by atoms with van der Waals surface area (Å²) in [6.07, 6.45) is 11.6. The predicted octanol–water partition coefficient (Wildman–Crippen LogP) is 3.73. The fourth-order valence-electron chi connectivity index (χ4n) is 3.21. The molecule has 1 N–H and O–H groups in total. The van der Waals surface area contributed by atoms with Crippen molar-refractivity contribution in [2.45, 2.75) is 77.3 Å². The summed E-state index contributed by atoms with van der Waals surface area (Å²) in [4.78, 5) is 0. The van der Waals surface area contributed by atoms with E-state index in [0.717, 1.165) is 23.9 Å². The molecule has 0 radical (unpaired) electrons. The van der Waals surface area contributed by atoms with Crippen molar-refractivity contribution < 1.29 is 0 Å². The second kappa shape index (κ2) is 5.34. The molecular weight excluding hydrogens is 182 g/mol. The van der Waals surface area contributed by atoms with Crippen molar-refractivity contribution in [3.05, 3.63) is 0 Å². The molecule has 2 aliphatic carbocycles. The van der Waals surface area contributed by atoms with Crippen LogP contribution >= 0.6 is 0 Å². The van der Waals surface area contributed by atoms with Crippen LogP contribution in [0.25, 0.3) is 0 Å². The molecule has 1 heteroatoms. The molecule has 2 fully saturated rings. The van der Waals surface area contributed by atoms with E-state index in [2.05, 4.69) is 19.2 Å². The molecule has 0 bridgehead atoms. The Kier molecular flexibility index (Phi) is 4.07. The van der Waals surface area contributed by atoms with Crippen molar-refractivity contribution in [3.8, 4) is 0 Å². The summed E-state index contributed by atoms with van der Waals surface area (Å²) < 4.78 is 0. The first kappa shape index (κ1) is 11.4. The van der Waals surface area contributed by atoms with Gasteiger partial charge in [0.15, 0.2) is 0 Å². The lowest BCUT2D eigenvalue weighted by atomic mass is 9.81. The smallest absolute Gasteiger partial charge is 0.00979 e. The standard InChI is InChI=1S/C14H27N/c1-3-6-13-7-4-5-8-14(13)15-11(2)12-9-10-12/h11-15H,3-10H2,1-2H3. The fraction of sp³-hybridized carbons (Fsp3) is 1.00. The zero-order valence-electron chi connectivity index (χ0n) is 10.5. The highest BCUT2D eigenvalue weighted by molar-refractivity contribution is 4.89. The first-order chi connectivity index (χ1) is 7.31. The molecule has 3 atom stereocenters. The van der Waals surface area contributed by atoms with Crippen LogP contribution in [0.1, 0.15) is 65.2 Å². The Hall–Kier alpha value is -0.0400. The van der Waals surface area contributed by atoms with Crippen molar-refractivity contribution in [1.29, 1.82) is 0 Å². The van der Waals surface area contributed by atoms with Gasteiger partial charge in [-0.05, 0) is 50.9 Å². The number of hydrogen-bond acceptors (Lipinski definition) is 1. The molecule has 15 heavy (non-hydrogen) atoms. The van der Waals surface area contributed by atoms with Crippen LogP contribution in [-0.4, -0.2) is 12.1 Å². The Morgan fingerprint density at radius 2 is 1.87 bits per heavy atom. The maximum Gasteiger partial charge on any atom is 0.00979 e. The number of rotatable bonds is 5. The van der Waals surface area contributed by atoms with Crippen LogP contribution in [-0.2, 0) is 0 Å². The third-order valence-corrected chi connectivity index (χ3v) is 4.37. The zero-order valence-corrected chi connectivity index (χ0v) is 10.5. The van der Waals surface area contributed by atoms with E-state index in [0.29, 0.717) is 0 Å². The summed E-state index contributed by atoms with van der Waals surface area (Å²) in [6.45, 7) is 4.73. The summed E-state index contributed by atoms with van der Waals surface area (Å²) in [7, 11) is 0. The molecule has 0 aromatic rings. The zero-order chi connectivity index (χ0) is 10.7. The highest BCUT2D eigenvalue weighted by atomic mass is 15.0. The third-order valence-electron chi connectivity index (χ3n) is 4.37. The molecule has 1 nitrogen and oxygen atoms in total. The fourth-order valence-corrected chi connectivity index (χ4v) is 3.21. The van der Waals surface area contributed by atoms with Gasteiger partial charge in [0.1, 0.15) is 0 Å². The highest BCUT2D eigenvalue weighted by Crippen LogP contribution is 2.34. The second-order valence-electron chi connectivity index (χ2n) is 5.73. The van der Waals surface area contributed by atoms with Crippen molar-refractivity contribution >= 4 is 0 Å². The van der Waals surface area contributed by atoms with Gasteiger partial charge in [0, 0.05) is 12.1 Å². The van der Waals surface area contributed by atoms with Gasteiger partial charge in [0.25, 0.3) is 0 Å². The summed E-state index contributed by atoms with van der Waals surface area (Å²) in [6, 6.07) is 1.63.